The number of piperidine rings is 1. The molecule has 4 nitrogen and oxygen atoms in total. The van der Waals surface area contributed by atoms with E-state index < -0.39 is 0 Å². The summed E-state index contributed by atoms with van der Waals surface area (Å²) in [6.45, 7) is 7.64. The molecule has 1 saturated heterocycles. The molecule has 1 atom stereocenters. The van der Waals surface area contributed by atoms with Gasteiger partial charge in [-0.3, -0.25) is 4.79 Å². The summed E-state index contributed by atoms with van der Waals surface area (Å²) < 4.78 is 0. The Hall–Kier alpha value is -1.14. The van der Waals surface area contributed by atoms with Gasteiger partial charge in [-0.25, -0.2) is 4.98 Å². The normalized spacial score (nSPS) is 18.6. The number of benzene rings is 1. The summed E-state index contributed by atoms with van der Waals surface area (Å²) in [6.07, 6.45) is 1.63. The summed E-state index contributed by atoms with van der Waals surface area (Å²) in [5.41, 5.74) is 8.20. The smallest absolute Gasteiger partial charge is 0.265 e. The highest BCUT2D eigenvalue weighted by Crippen LogP contribution is 2.30. The third-order valence-corrected chi connectivity index (χ3v) is 5.98. The van der Waals surface area contributed by atoms with Crippen LogP contribution in [0.4, 0.5) is 0 Å². The molecule has 2 N–H and O–H groups in total. The van der Waals surface area contributed by atoms with Crippen LogP contribution >= 0.6 is 36.2 Å². The first-order valence-electron chi connectivity index (χ1n) is 8.42. The van der Waals surface area contributed by atoms with Crippen molar-refractivity contribution in [3.05, 3.63) is 51.5 Å². The molecule has 0 bridgehead atoms. The van der Waals surface area contributed by atoms with Crippen LogP contribution in [0.15, 0.2) is 30.3 Å². The molecule has 1 aliphatic rings. The van der Waals surface area contributed by atoms with E-state index in [4.69, 9.17) is 5.73 Å². The monoisotopic (exact) mass is 415 g/mol. The number of nitrogens with zero attached hydrogens (tertiary/aromatic N) is 2. The second kappa shape index (κ2) is 9.18. The van der Waals surface area contributed by atoms with Gasteiger partial charge in [0.25, 0.3) is 5.91 Å². The number of halogens is 2. The largest absolute Gasteiger partial charge is 0.337 e. The van der Waals surface area contributed by atoms with Gasteiger partial charge in [-0.05, 0) is 24.3 Å². The number of hydrogen-bond donors (Lipinski definition) is 1. The zero-order valence-electron chi connectivity index (χ0n) is 15.4. The van der Waals surface area contributed by atoms with Crippen molar-refractivity contribution < 1.29 is 4.79 Å². The summed E-state index contributed by atoms with van der Waals surface area (Å²) in [5.74, 6) is 0.101. The van der Waals surface area contributed by atoms with Gasteiger partial charge in [-0.2, -0.15) is 0 Å². The number of amides is 1. The Morgan fingerprint density at radius 2 is 1.96 bits per heavy atom. The van der Waals surface area contributed by atoms with Crippen LogP contribution in [0.25, 0.3) is 0 Å². The molecule has 144 valence electrons. The molecule has 3 rings (SSSR count). The van der Waals surface area contributed by atoms with Crippen LogP contribution < -0.4 is 5.73 Å². The fourth-order valence-corrected chi connectivity index (χ4v) is 4.25. The summed E-state index contributed by atoms with van der Waals surface area (Å²) in [7, 11) is 0. The van der Waals surface area contributed by atoms with E-state index in [2.05, 4.69) is 31.0 Å². The van der Waals surface area contributed by atoms with Gasteiger partial charge in [0.15, 0.2) is 0 Å². The highest BCUT2D eigenvalue weighted by molar-refractivity contribution is 7.13. The Bertz CT molecular complexity index is 734. The van der Waals surface area contributed by atoms with Gasteiger partial charge in [-0.15, -0.1) is 36.2 Å². The third-order valence-electron chi connectivity index (χ3n) is 4.83. The van der Waals surface area contributed by atoms with Crippen LogP contribution in [0.3, 0.4) is 0 Å². The standard InChI is InChI=1S/C19H25N3OS.2ClH/c1-13-17(18(23)22-10-9-15(20)19(2,3)12-22)24-16(21-13)11-14-7-5-4-6-8-14;;/h4-8,15H,9-12,20H2,1-3H3;2*1H. The lowest BCUT2D eigenvalue weighted by Crippen LogP contribution is -2.53. The van der Waals surface area contributed by atoms with Gasteiger partial charge in [0.05, 0.1) is 10.7 Å². The molecule has 2 aromatic rings. The molecule has 0 aliphatic carbocycles. The summed E-state index contributed by atoms with van der Waals surface area (Å²) in [4.78, 5) is 20.3. The number of likely N-dealkylation sites (tertiary alicyclic amines) is 1. The van der Waals surface area contributed by atoms with Gasteiger partial charge in [0, 0.05) is 25.6 Å². The Kier molecular flexibility index (Phi) is 8.08. The van der Waals surface area contributed by atoms with Gasteiger partial charge in [-0.1, -0.05) is 44.2 Å². The molecule has 0 saturated carbocycles. The number of rotatable bonds is 3. The predicted octanol–water partition coefficient (Wildman–Crippen LogP) is 4.09. The number of aryl methyl sites for hydroxylation is 1. The molecular formula is C19H27Cl2N3OS. The molecule has 1 fully saturated rings. The van der Waals surface area contributed by atoms with Crippen LogP contribution in [0.5, 0.6) is 0 Å². The number of thiazole rings is 1. The molecule has 1 unspecified atom stereocenters. The molecular weight excluding hydrogens is 389 g/mol. The van der Waals surface area contributed by atoms with Crippen molar-refractivity contribution in [3.63, 3.8) is 0 Å². The lowest BCUT2D eigenvalue weighted by atomic mass is 9.79. The molecule has 0 radical (unpaired) electrons. The van der Waals surface area contributed by atoms with E-state index >= 15 is 0 Å². The maximum absolute atomic E-state index is 12.9. The topological polar surface area (TPSA) is 59.2 Å². The maximum Gasteiger partial charge on any atom is 0.265 e. The molecule has 1 amide bonds. The van der Waals surface area contributed by atoms with Crippen LogP contribution in [0, 0.1) is 12.3 Å². The Morgan fingerprint density at radius 1 is 1.31 bits per heavy atom. The zero-order chi connectivity index (χ0) is 17.3. The predicted molar refractivity (Wildman–Crippen MR) is 113 cm³/mol. The van der Waals surface area contributed by atoms with Gasteiger partial charge in [0.1, 0.15) is 4.88 Å². The summed E-state index contributed by atoms with van der Waals surface area (Å²) in [6, 6.07) is 10.4. The van der Waals surface area contributed by atoms with E-state index in [-0.39, 0.29) is 42.2 Å². The van der Waals surface area contributed by atoms with Crippen molar-refractivity contribution in [3.8, 4) is 0 Å². The van der Waals surface area contributed by atoms with Gasteiger partial charge < -0.3 is 10.6 Å². The molecule has 1 aromatic heterocycles. The minimum absolute atomic E-state index is 0. The van der Waals surface area contributed by atoms with E-state index in [1.54, 1.807) is 0 Å². The zero-order valence-corrected chi connectivity index (χ0v) is 17.8. The fraction of sp³-hybridized carbons (Fsp3) is 0.474. The lowest BCUT2D eigenvalue weighted by Gasteiger charge is -2.42. The van der Waals surface area contributed by atoms with Gasteiger partial charge >= 0.3 is 0 Å². The van der Waals surface area contributed by atoms with Gasteiger partial charge in [0.2, 0.25) is 0 Å². The van der Waals surface area contributed by atoms with Crippen molar-refractivity contribution in [1.82, 2.24) is 9.88 Å². The van der Waals surface area contributed by atoms with Crippen molar-refractivity contribution >= 4 is 42.1 Å². The highest BCUT2D eigenvalue weighted by atomic mass is 35.5. The van der Waals surface area contributed by atoms with E-state index in [0.717, 1.165) is 35.0 Å². The average Bonchev–Trinajstić information content (AvgIpc) is 2.90. The van der Waals surface area contributed by atoms with Crippen molar-refractivity contribution in [2.45, 2.75) is 39.7 Å². The first-order valence-corrected chi connectivity index (χ1v) is 9.23. The van der Waals surface area contributed by atoms with E-state index in [1.165, 1.54) is 16.9 Å². The minimum Gasteiger partial charge on any atom is -0.337 e. The van der Waals surface area contributed by atoms with E-state index in [1.807, 2.05) is 30.0 Å². The van der Waals surface area contributed by atoms with Crippen LogP contribution in [-0.4, -0.2) is 34.9 Å². The van der Waals surface area contributed by atoms with E-state index in [9.17, 15) is 4.79 Å². The fourth-order valence-electron chi connectivity index (χ4n) is 3.19. The molecule has 0 spiro atoms. The second-order valence-corrected chi connectivity index (χ2v) is 8.38. The number of carbonyl (C=O) groups excluding carboxylic acids is 1. The summed E-state index contributed by atoms with van der Waals surface area (Å²) in [5, 5.41) is 0.995. The molecule has 7 heteroatoms. The highest BCUT2D eigenvalue weighted by Gasteiger charge is 2.36. The average molecular weight is 416 g/mol. The first kappa shape index (κ1) is 22.9. The van der Waals surface area contributed by atoms with Crippen molar-refractivity contribution in [2.75, 3.05) is 13.1 Å². The number of aromatic nitrogens is 1. The third kappa shape index (κ3) is 4.97. The Labute approximate surface area is 172 Å². The quantitative estimate of drug-likeness (QED) is 0.820. The molecule has 1 aromatic carbocycles. The molecule has 1 aliphatic heterocycles. The van der Waals surface area contributed by atoms with Crippen LogP contribution in [0.1, 0.15) is 46.2 Å². The number of hydrogen-bond acceptors (Lipinski definition) is 4. The Balaban J connectivity index is 0.00000169. The second-order valence-electron chi connectivity index (χ2n) is 7.29. The van der Waals surface area contributed by atoms with E-state index in [0.29, 0.717) is 6.54 Å². The molecule has 2 heterocycles. The number of nitrogens with two attached hydrogens (primary N) is 1. The molecule has 26 heavy (non-hydrogen) atoms. The lowest BCUT2D eigenvalue weighted by molar-refractivity contribution is 0.0536. The summed E-state index contributed by atoms with van der Waals surface area (Å²) >= 11 is 1.52. The SMILES string of the molecule is Cc1nc(Cc2ccccc2)sc1C(=O)N1CCC(N)C(C)(C)C1.Cl.Cl. The van der Waals surface area contributed by atoms with Crippen molar-refractivity contribution in [1.29, 1.82) is 0 Å². The van der Waals surface area contributed by atoms with Crippen molar-refractivity contribution in [2.24, 2.45) is 11.1 Å². The number of carbonyl (C=O) groups is 1. The van der Waals surface area contributed by atoms with Crippen LogP contribution in [-0.2, 0) is 6.42 Å². The van der Waals surface area contributed by atoms with Crippen LogP contribution in [0.2, 0.25) is 0 Å². The first-order chi connectivity index (χ1) is 11.4. The Morgan fingerprint density at radius 3 is 2.58 bits per heavy atom. The maximum atomic E-state index is 12.9. The minimum atomic E-state index is -0.0423.